The van der Waals surface area contributed by atoms with Crippen LogP contribution in [0.3, 0.4) is 0 Å². The molecule has 4 nitrogen and oxygen atoms in total. The normalized spacial score (nSPS) is 24.2. The fraction of sp³-hybridized carbons (Fsp3) is 0.462. The number of hydrogen-bond donors (Lipinski definition) is 0. The van der Waals surface area contributed by atoms with E-state index in [0.29, 0.717) is 12.7 Å². The summed E-state index contributed by atoms with van der Waals surface area (Å²) < 4.78 is 10.6. The summed E-state index contributed by atoms with van der Waals surface area (Å²) in [6.07, 6.45) is 0.770. The lowest BCUT2D eigenvalue weighted by atomic mass is 10.1. The molecule has 102 valence electrons. The molecule has 0 bridgehead atoms. The van der Waals surface area contributed by atoms with Gasteiger partial charge in [-0.15, -0.1) is 23.4 Å². The summed E-state index contributed by atoms with van der Waals surface area (Å²) >= 11 is 7.53. The van der Waals surface area contributed by atoms with Crippen molar-refractivity contribution in [3.63, 3.8) is 0 Å². The number of thioether (sulfide) groups is 1. The molecule has 1 unspecified atom stereocenters. The minimum absolute atomic E-state index is 0.306. The Bertz CT molecular complexity index is 523. The van der Waals surface area contributed by atoms with Gasteiger partial charge in [0, 0.05) is 12.2 Å². The Kier molecular flexibility index (Phi) is 3.50. The SMILES string of the molecule is CC1(CCl)CC(SCc2ccc3c(c2)OCO3)=NO1. The first-order valence-corrected chi connectivity index (χ1v) is 7.53. The van der Waals surface area contributed by atoms with Crippen LogP contribution in [0.1, 0.15) is 18.9 Å². The van der Waals surface area contributed by atoms with Crippen molar-refractivity contribution in [1.29, 1.82) is 0 Å². The van der Waals surface area contributed by atoms with E-state index >= 15 is 0 Å². The van der Waals surface area contributed by atoms with Gasteiger partial charge in [0.2, 0.25) is 6.79 Å². The van der Waals surface area contributed by atoms with Gasteiger partial charge < -0.3 is 14.3 Å². The molecule has 6 heteroatoms. The van der Waals surface area contributed by atoms with Crippen molar-refractivity contribution in [2.75, 3.05) is 12.7 Å². The maximum atomic E-state index is 5.86. The van der Waals surface area contributed by atoms with E-state index in [-0.39, 0.29) is 5.60 Å². The molecule has 0 saturated heterocycles. The van der Waals surface area contributed by atoms with Gasteiger partial charge in [-0.3, -0.25) is 0 Å². The Balaban J connectivity index is 1.59. The van der Waals surface area contributed by atoms with Crippen molar-refractivity contribution >= 4 is 28.4 Å². The van der Waals surface area contributed by atoms with Crippen LogP contribution in [0.5, 0.6) is 11.5 Å². The molecule has 1 aromatic carbocycles. The third kappa shape index (κ3) is 2.77. The number of benzene rings is 1. The van der Waals surface area contributed by atoms with E-state index in [1.54, 1.807) is 11.8 Å². The molecule has 3 rings (SSSR count). The zero-order valence-electron chi connectivity index (χ0n) is 10.5. The average molecular weight is 300 g/mol. The number of hydrogen-bond acceptors (Lipinski definition) is 5. The fourth-order valence-corrected chi connectivity index (χ4v) is 3.05. The van der Waals surface area contributed by atoms with Gasteiger partial charge >= 0.3 is 0 Å². The standard InChI is InChI=1S/C13H14ClNO3S/c1-13(7-14)5-12(15-18-13)19-6-9-2-3-10-11(4-9)17-8-16-10/h2-4H,5-8H2,1H3. The molecule has 0 amide bonds. The molecule has 0 aromatic heterocycles. The molecule has 0 saturated carbocycles. The van der Waals surface area contributed by atoms with E-state index < -0.39 is 0 Å². The molecule has 19 heavy (non-hydrogen) atoms. The van der Waals surface area contributed by atoms with Gasteiger partial charge in [0.1, 0.15) is 5.04 Å². The number of ether oxygens (including phenoxy) is 2. The van der Waals surface area contributed by atoms with Gasteiger partial charge in [-0.05, 0) is 24.6 Å². The van der Waals surface area contributed by atoms with Crippen molar-refractivity contribution in [3.8, 4) is 11.5 Å². The predicted octanol–water partition coefficient (Wildman–Crippen LogP) is 3.38. The Labute approximate surface area is 121 Å². The molecular formula is C13H14ClNO3S. The van der Waals surface area contributed by atoms with E-state index in [0.717, 1.165) is 28.7 Å². The number of nitrogens with zero attached hydrogens (tertiary/aromatic N) is 1. The lowest BCUT2D eigenvalue weighted by Crippen LogP contribution is -2.26. The van der Waals surface area contributed by atoms with Crippen molar-refractivity contribution in [2.45, 2.75) is 24.7 Å². The quantitative estimate of drug-likeness (QED) is 0.802. The second-order valence-corrected chi connectivity index (χ2v) is 6.13. The second kappa shape index (κ2) is 5.13. The van der Waals surface area contributed by atoms with Gasteiger partial charge in [-0.1, -0.05) is 11.2 Å². The van der Waals surface area contributed by atoms with E-state index in [1.807, 2.05) is 25.1 Å². The van der Waals surface area contributed by atoms with Crippen LogP contribution in [0.15, 0.2) is 23.4 Å². The molecule has 0 N–H and O–H groups in total. The van der Waals surface area contributed by atoms with Crippen LogP contribution in [0.25, 0.3) is 0 Å². The monoisotopic (exact) mass is 299 g/mol. The van der Waals surface area contributed by atoms with Crippen molar-refractivity contribution in [2.24, 2.45) is 5.16 Å². The Hall–Kier alpha value is -1.07. The number of halogens is 1. The molecule has 2 aliphatic heterocycles. The first-order chi connectivity index (χ1) is 9.18. The average Bonchev–Trinajstić information content (AvgIpc) is 3.03. The smallest absolute Gasteiger partial charge is 0.231 e. The molecule has 0 radical (unpaired) electrons. The molecule has 0 aliphatic carbocycles. The maximum Gasteiger partial charge on any atom is 0.231 e. The number of fused-ring (bicyclic) bond motifs is 1. The van der Waals surface area contributed by atoms with Gasteiger partial charge in [0.15, 0.2) is 17.1 Å². The fourth-order valence-electron chi connectivity index (χ4n) is 1.89. The minimum Gasteiger partial charge on any atom is -0.454 e. The predicted molar refractivity (Wildman–Crippen MR) is 76.1 cm³/mol. The van der Waals surface area contributed by atoms with Crippen LogP contribution in [-0.2, 0) is 10.6 Å². The number of alkyl halides is 1. The Morgan fingerprint density at radius 3 is 3.00 bits per heavy atom. The molecule has 0 fully saturated rings. The Morgan fingerprint density at radius 2 is 2.21 bits per heavy atom. The zero-order valence-corrected chi connectivity index (χ0v) is 12.1. The third-order valence-electron chi connectivity index (χ3n) is 3.02. The highest BCUT2D eigenvalue weighted by atomic mass is 35.5. The van der Waals surface area contributed by atoms with Crippen molar-refractivity contribution in [3.05, 3.63) is 23.8 Å². The lowest BCUT2D eigenvalue weighted by molar-refractivity contribution is 0.0152. The van der Waals surface area contributed by atoms with Gasteiger partial charge in [-0.25, -0.2) is 0 Å². The summed E-state index contributed by atoms with van der Waals surface area (Å²) in [6.45, 7) is 2.28. The van der Waals surface area contributed by atoms with E-state index in [4.69, 9.17) is 25.9 Å². The van der Waals surface area contributed by atoms with Crippen LogP contribution in [0.2, 0.25) is 0 Å². The van der Waals surface area contributed by atoms with Crippen LogP contribution in [0, 0.1) is 0 Å². The minimum atomic E-state index is -0.348. The molecule has 1 aromatic rings. The van der Waals surface area contributed by atoms with E-state index in [1.165, 1.54) is 5.56 Å². The van der Waals surface area contributed by atoms with Crippen LogP contribution < -0.4 is 9.47 Å². The van der Waals surface area contributed by atoms with Crippen LogP contribution in [-0.4, -0.2) is 23.3 Å². The van der Waals surface area contributed by atoms with Crippen molar-refractivity contribution in [1.82, 2.24) is 0 Å². The molecule has 2 heterocycles. The highest BCUT2D eigenvalue weighted by Gasteiger charge is 2.33. The highest BCUT2D eigenvalue weighted by Crippen LogP contribution is 2.35. The van der Waals surface area contributed by atoms with Gasteiger partial charge in [0.05, 0.1) is 5.88 Å². The summed E-state index contributed by atoms with van der Waals surface area (Å²) in [4.78, 5) is 5.36. The molecule has 1 atom stereocenters. The van der Waals surface area contributed by atoms with Crippen LogP contribution in [0.4, 0.5) is 0 Å². The lowest BCUT2D eigenvalue weighted by Gasteiger charge is -2.16. The summed E-state index contributed by atoms with van der Waals surface area (Å²) in [7, 11) is 0. The summed E-state index contributed by atoms with van der Waals surface area (Å²) in [5, 5.41) is 5.07. The molecule has 2 aliphatic rings. The third-order valence-corrected chi connectivity index (χ3v) is 4.61. The highest BCUT2D eigenvalue weighted by molar-refractivity contribution is 8.13. The van der Waals surface area contributed by atoms with Gasteiger partial charge in [-0.2, -0.15) is 0 Å². The van der Waals surface area contributed by atoms with Gasteiger partial charge in [0.25, 0.3) is 0 Å². The van der Waals surface area contributed by atoms with E-state index in [9.17, 15) is 0 Å². The zero-order chi connectivity index (χ0) is 13.3. The summed E-state index contributed by atoms with van der Waals surface area (Å²) in [5.74, 6) is 2.90. The first-order valence-electron chi connectivity index (χ1n) is 6.01. The van der Waals surface area contributed by atoms with Crippen molar-refractivity contribution < 1.29 is 14.3 Å². The number of rotatable bonds is 3. The van der Waals surface area contributed by atoms with Crippen LogP contribution >= 0.6 is 23.4 Å². The maximum absolute atomic E-state index is 5.86. The summed E-state index contributed by atoms with van der Waals surface area (Å²) in [6, 6.07) is 5.98. The first kappa shape index (κ1) is 12.9. The second-order valence-electron chi connectivity index (χ2n) is 4.81. The molecule has 0 spiro atoms. The number of oxime groups is 1. The Morgan fingerprint density at radius 1 is 1.37 bits per heavy atom. The largest absolute Gasteiger partial charge is 0.454 e. The van der Waals surface area contributed by atoms with E-state index in [2.05, 4.69) is 5.16 Å². The summed E-state index contributed by atoms with van der Waals surface area (Å²) in [5.41, 5.74) is 0.829. The topological polar surface area (TPSA) is 40.0 Å². The molecular weight excluding hydrogens is 286 g/mol.